The van der Waals surface area contributed by atoms with E-state index < -0.39 is 45.9 Å². The highest BCUT2D eigenvalue weighted by Crippen LogP contribution is 2.68. The van der Waals surface area contributed by atoms with Crippen LogP contribution in [-0.2, 0) is 43.0 Å². The van der Waals surface area contributed by atoms with Crippen molar-refractivity contribution in [1.29, 1.82) is 0 Å². The Morgan fingerprint density at radius 3 is 2.61 bits per heavy atom. The van der Waals surface area contributed by atoms with Gasteiger partial charge in [0.15, 0.2) is 6.10 Å². The second kappa shape index (κ2) is 12.3. The molecule has 54 heavy (non-hydrogen) atoms. The Hall–Kier alpha value is -3.96. The Balaban J connectivity index is 1.32. The quantitative estimate of drug-likeness (QED) is 0.235. The van der Waals surface area contributed by atoms with Crippen LogP contribution in [0, 0.1) is 11.3 Å². The molecule has 10 heteroatoms. The molecule has 2 unspecified atom stereocenters. The van der Waals surface area contributed by atoms with Crippen LogP contribution in [0.25, 0.3) is 10.9 Å². The molecule has 0 radical (unpaired) electrons. The standard InChI is InChI=1S/C44H54N4O6/c1-7-27-18-28-21-41(4,36-31(24-47(22-27)23-28)30-12-9-10-13-34(30)45-36)32-20-33-35(19-29(32)25-49)46(5)38-43(33)15-17-48-16-11-14-42(8-2,37(43)48)39(54-26(3)50)44(38,52)40(51)53-6/h9-14,18-20,28,37-39,45,49,52H,7-8,15-17,21-25H2,1-6H3/t28-,37-,38?,39+,41+,42+,43+,44-/m0/s1. The van der Waals surface area contributed by atoms with Crippen LogP contribution in [0.1, 0.15) is 81.3 Å². The van der Waals surface area contributed by atoms with E-state index in [1.807, 2.05) is 11.9 Å². The molecule has 1 aliphatic carbocycles. The van der Waals surface area contributed by atoms with Crippen LogP contribution in [0.3, 0.4) is 0 Å². The molecule has 2 aromatic carbocycles. The van der Waals surface area contributed by atoms with Crippen molar-refractivity contribution >= 4 is 28.5 Å². The van der Waals surface area contributed by atoms with Crippen molar-refractivity contribution in [2.24, 2.45) is 11.3 Å². The van der Waals surface area contributed by atoms with Gasteiger partial charge in [-0.2, -0.15) is 0 Å². The number of H-pyrrole nitrogens is 1. The minimum atomic E-state index is -2.20. The number of hydrogen-bond donors (Lipinski definition) is 3. The van der Waals surface area contributed by atoms with Gasteiger partial charge in [-0.05, 0) is 79.5 Å². The molecule has 1 spiro atoms. The van der Waals surface area contributed by atoms with Gasteiger partial charge in [-0.25, -0.2) is 4.79 Å². The van der Waals surface area contributed by atoms with Crippen LogP contribution < -0.4 is 4.90 Å². The molecule has 2 bridgehead atoms. The van der Waals surface area contributed by atoms with E-state index in [0.717, 1.165) is 73.5 Å². The highest BCUT2D eigenvalue weighted by molar-refractivity contribution is 5.88. The second-order valence-electron chi connectivity index (χ2n) is 17.2. The maximum absolute atomic E-state index is 14.3. The molecule has 9 atom stereocenters. The Bertz CT molecular complexity index is 2120. The minimum absolute atomic E-state index is 0.166. The molecule has 5 aliphatic heterocycles. The highest BCUT2D eigenvalue weighted by atomic mass is 16.6. The summed E-state index contributed by atoms with van der Waals surface area (Å²) in [6.07, 6.45) is 8.64. The van der Waals surface area contributed by atoms with E-state index in [1.54, 1.807) is 0 Å². The average molecular weight is 735 g/mol. The number of aliphatic hydroxyl groups is 2. The summed E-state index contributed by atoms with van der Waals surface area (Å²) in [7, 11) is 3.22. The molecule has 2 fully saturated rings. The van der Waals surface area contributed by atoms with Gasteiger partial charge in [-0.3, -0.25) is 14.6 Å². The molecule has 10 nitrogen and oxygen atoms in total. The SMILES string of the molecule is CCC1=C[C@@H]2CN(C1)Cc1c([nH]c3ccccc13)[C@@](C)(c1cc3c(cc1CO)N(C)C1[C@]34CCN3CC=C[C@@](CC)([C@@H](OC(C)=O)[C@]1(O)C(=O)OC)[C@H]34)C2. The maximum atomic E-state index is 14.3. The summed E-state index contributed by atoms with van der Waals surface area (Å²) in [5, 5.41) is 25.8. The number of rotatable bonds is 6. The molecule has 3 aromatic rings. The van der Waals surface area contributed by atoms with E-state index in [-0.39, 0.29) is 12.6 Å². The number of carbonyl (C=O) groups excluding carboxylic acids is 2. The molecule has 6 heterocycles. The van der Waals surface area contributed by atoms with E-state index in [1.165, 1.54) is 36.3 Å². The molecule has 9 rings (SSSR count). The first-order valence-electron chi connectivity index (χ1n) is 19.8. The van der Waals surface area contributed by atoms with Gasteiger partial charge in [-0.1, -0.05) is 61.9 Å². The summed E-state index contributed by atoms with van der Waals surface area (Å²) < 4.78 is 11.6. The average Bonchev–Trinajstić information content (AvgIpc) is 3.82. The van der Waals surface area contributed by atoms with Gasteiger partial charge < -0.3 is 29.6 Å². The van der Waals surface area contributed by atoms with E-state index in [0.29, 0.717) is 18.8 Å². The zero-order valence-corrected chi connectivity index (χ0v) is 32.4. The Kier molecular flexibility index (Phi) is 8.12. The second-order valence-corrected chi connectivity index (χ2v) is 17.2. The van der Waals surface area contributed by atoms with Crippen LogP contribution >= 0.6 is 0 Å². The summed E-state index contributed by atoms with van der Waals surface area (Å²) in [5.41, 5.74) is 4.60. The monoisotopic (exact) mass is 734 g/mol. The number of anilines is 1. The third-order valence-electron chi connectivity index (χ3n) is 14.7. The smallest absolute Gasteiger partial charge is 0.344 e. The third-order valence-corrected chi connectivity index (χ3v) is 14.7. The lowest BCUT2D eigenvalue weighted by atomic mass is 9.47. The van der Waals surface area contributed by atoms with Crippen LogP contribution in [0.2, 0.25) is 0 Å². The number of aromatic nitrogens is 1. The lowest BCUT2D eigenvalue weighted by Gasteiger charge is -2.63. The molecule has 3 N–H and O–H groups in total. The number of carbonyl (C=O) groups is 2. The van der Waals surface area contributed by atoms with Crippen molar-refractivity contribution < 1.29 is 29.3 Å². The molecule has 1 saturated heterocycles. The highest BCUT2D eigenvalue weighted by Gasteiger charge is 2.80. The number of likely N-dealkylation sites (N-methyl/N-ethyl adjacent to an activating group) is 1. The Morgan fingerprint density at radius 1 is 1.09 bits per heavy atom. The van der Waals surface area contributed by atoms with Gasteiger partial charge >= 0.3 is 11.9 Å². The zero-order chi connectivity index (χ0) is 37.9. The molecule has 1 aromatic heterocycles. The van der Waals surface area contributed by atoms with Crippen molar-refractivity contribution in [1.82, 2.24) is 14.8 Å². The molecular formula is C44H54N4O6. The van der Waals surface area contributed by atoms with Gasteiger partial charge in [0.1, 0.15) is 0 Å². The largest absolute Gasteiger partial charge is 0.467 e. The fourth-order valence-corrected chi connectivity index (χ4v) is 12.8. The van der Waals surface area contributed by atoms with E-state index in [2.05, 4.69) is 90.2 Å². The van der Waals surface area contributed by atoms with Crippen molar-refractivity contribution in [3.63, 3.8) is 0 Å². The van der Waals surface area contributed by atoms with Crippen LogP contribution in [0.15, 0.2) is 60.2 Å². The number of benzene rings is 2. The number of fused-ring (bicyclic) bond motifs is 6. The summed E-state index contributed by atoms with van der Waals surface area (Å²) in [5.74, 6) is -1.05. The predicted octanol–water partition coefficient (Wildman–Crippen LogP) is 5.08. The first-order chi connectivity index (χ1) is 25.9. The third kappa shape index (κ3) is 4.48. The lowest BCUT2D eigenvalue weighted by Crippen LogP contribution is -2.81. The fourth-order valence-electron chi connectivity index (χ4n) is 12.8. The normalized spacial score (nSPS) is 36.4. The lowest BCUT2D eigenvalue weighted by molar-refractivity contribution is -0.228. The Morgan fingerprint density at radius 2 is 1.89 bits per heavy atom. The van der Waals surface area contributed by atoms with E-state index in [9.17, 15) is 19.8 Å². The van der Waals surface area contributed by atoms with Gasteiger partial charge in [-0.15, -0.1) is 0 Å². The van der Waals surface area contributed by atoms with Gasteiger partial charge in [0.2, 0.25) is 5.60 Å². The number of methoxy groups -OCH3 is 1. The molecule has 1 saturated carbocycles. The first kappa shape index (κ1) is 35.7. The van der Waals surface area contributed by atoms with Crippen molar-refractivity contribution in [2.45, 2.75) is 101 Å². The van der Waals surface area contributed by atoms with E-state index >= 15 is 0 Å². The van der Waals surface area contributed by atoms with Crippen LogP contribution in [0.5, 0.6) is 0 Å². The van der Waals surface area contributed by atoms with Gasteiger partial charge in [0, 0.05) is 84.7 Å². The van der Waals surface area contributed by atoms with Crippen LogP contribution in [-0.4, -0.2) is 101 Å². The number of ether oxygens (including phenoxy) is 2. The molecule has 6 aliphatic rings. The number of aliphatic hydroxyl groups excluding tert-OH is 1. The van der Waals surface area contributed by atoms with Gasteiger partial charge in [0.05, 0.1) is 19.8 Å². The van der Waals surface area contributed by atoms with E-state index in [4.69, 9.17) is 9.47 Å². The number of esters is 2. The maximum Gasteiger partial charge on any atom is 0.344 e. The predicted molar refractivity (Wildman–Crippen MR) is 207 cm³/mol. The van der Waals surface area contributed by atoms with Crippen LogP contribution in [0.4, 0.5) is 5.69 Å². The fraction of sp³-hybridized carbons (Fsp3) is 0.545. The number of hydrogen-bond acceptors (Lipinski definition) is 9. The summed E-state index contributed by atoms with van der Waals surface area (Å²) >= 11 is 0. The van der Waals surface area contributed by atoms with Crippen molar-refractivity contribution in [2.75, 3.05) is 45.2 Å². The molecular weight excluding hydrogens is 681 g/mol. The van der Waals surface area contributed by atoms with Gasteiger partial charge in [0.25, 0.3) is 0 Å². The first-order valence-corrected chi connectivity index (χ1v) is 19.8. The Labute approximate surface area is 317 Å². The minimum Gasteiger partial charge on any atom is -0.467 e. The number of nitrogens with one attached hydrogen (secondary N) is 1. The summed E-state index contributed by atoms with van der Waals surface area (Å²) in [6, 6.07) is 12.1. The summed E-state index contributed by atoms with van der Waals surface area (Å²) in [4.78, 5) is 38.2. The summed E-state index contributed by atoms with van der Waals surface area (Å²) in [6.45, 7) is 12.1. The number of nitrogens with zero attached hydrogens (tertiary/aromatic N) is 3. The zero-order valence-electron chi connectivity index (χ0n) is 32.4. The number of para-hydroxylation sites is 1. The molecule has 0 amide bonds. The number of aromatic amines is 1. The van der Waals surface area contributed by atoms with Crippen molar-refractivity contribution in [3.05, 3.63) is 88.1 Å². The van der Waals surface area contributed by atoms with Crippen molar-refractivity contribution in [3.8, 4) is 0 Å². The topological polar surface area (TPSA) is 119 Å². The molecule has 286 valence electrons.